The van der Waals surface area contributed by atoms with Crippen molar-refractivity contribution in [1.29, 1.82) is 5.26 Å². The minimum Gasteiger partial charge on any atom is -0.398 e. The molecule has 3 N–H and O–H groups in total. The standard InChI is InChI=1S/C11H11N3O4S2/c12-6-8-1-2-11(10(13)5-8)20(17,18)14-9-3-4-19(15,16)7-9/h1-5,9,14H,7,13H2. The molecule has 2 rings (SSSR count). The van der Waals surface area contributed by atoms with Gasteiger partial charge in [0.25, 0.3) is 0 Å². The van der Waals surface area contributed by atoms with Crippen LogP contribution < -0.4 is 10.5 Å². The molecule has 20 heavy (non-hydrogen) atoms. The minimum atomic E-state index is -3.95. The van der Waals surface area contributed by atoms with Crippen molar-refractivity contribution in [1.82, 2.24) is 4.72 Å². The molecule has 0 aliphatic carbocycles. The van der Waals surface area contributed by atoms with Crippen LogP contribution in [-0.2, 0) is 19.9 Å². The van der Waals surface area contributed by atoms with E-state index in [0.29, 0.717) is 0 Å². The summed E-state index contributed by atoms with van der Waals surface area (Å²) < 4.78 is 48.9. The molecule has 0 amide bonds. The number of anilines is 1. The van der Waals surface area contributed by atoms with Gasteiger partial charge < -0.3 is 5.73 Å². The lowest BCUT2D eigenvalue weighted by molar-refractivity contribution is 0.575. The van der Waals surface area contributed by atoms with Crippen LogP contribution in [0.1, 0.15) is 5.56 Å². The van der Waals surface area contributed by atoms with E-state index in [9.17, 15) is 16.8 Å². The molecule has 1 heterocycles. The SMILES string of the molecule is N#Cc1ccc(S(=O)(=O)NC2C=CS(=O)(=O)C2)c(N)c1. The van der Waals surface area contributed by atoms with Gasteiger partial charge in [0.15, 0.2) is 9.84 Å². The summed E-state index contributed by atoms with van der Waals surface area (Å²) in [5.74, 6) is -0.317. The maximum atomic E-state index is 12.1. The summed E-state index contributed by atoms with van der Waals surface area (Å²) in [4.78, 5) is -0.186. The normalized spacial score (nSPS) is 20.6. The van der Waals surface area contributed by atoms with E-state index in [1.807, 2.05) is 6.07 Å². The third kappa shape index (κ3) is 2.98. The average molecular weight is 313 g/mol. The first kappa shape index (κ1) is 14.5. The lowest BCUT2D eigenvalue weighted by Gasteiger charge is -2.12. The topological polar surface area (TPSA) is 130 Å². The molecule has 0 bridgehead atoms. The highest BCUT2D eigenvalue weighted by Crippen LogP contribution is 2.20. The molecule has 9 heteroatoms. The van der Waals surface area contributed by atoms with Crippen molar-refractivity contribution in [2.24, 2.45) is 0 Å². The Balaban J connectivity index is 2.29. The Morgan fingerprint density at radius 2 is 2.10 bits per heavy atom. The molecule has 0 saturated carbocycles. The minimum absolute atomic E-state index is 0.0682. The summed E-state index contributed by atoms with van der Waals surface area (Å²) in [6, 6.07) is 4.81. The molecule has 1 aliphatic heterocycles. The van der Waals surface area contributed by atoms with Gasteiger partial charge in [-0.15, -0.1) is 0 Å². The van der Waals surface area contributed by atoms with Crippen molar-refractivity contribution < 1.29 is 16.8 Å². The molecule has 1 unspecified atom stereocenters. The van der Waals surface area contributed by atoms with E-state index < -0.39 is 25.9 Å². The van der Waals surface area contributed by atoms with Crippen LogP contribution in [0.25, 0.3) is 0 Å². The molecule has 0 spiro atoms. The van der Waals surface area contributed by atoms with E-state index in [1.165, 1.54) is 24.3 Å². The third-order valence-corrected chi connectivity index (χ3v) is 5.62. The number of nitrogens with one attached hydrogen (secondary N) is 1. The number of hydrogen-bond acceptors (Lipinski definition) is 6. The van der Waals surface area contributed by atoms with Crippen molar-refractivity contribution in [2.75, 3.05) is 11.5 Å². The molecule has 106 valence electrons. The summed E-state index contributed by atoms with van der Waals surface area (Å²) in [5.41, 5.74) is 5.78. The van der Waals surface area contributed by atoms with Crippen LogP contribution in [0.5, 0.6) is 0 Å². The summed E-state index contributed by atoms with van der Waals surface area (Å²) in [5, 5.41) is 9.67. The predicted molar refractivity (Wildman–Crippen MR) is 72.6 cm³/mol. The van der Waals surface area contributed by atoms with Gasteiger partial charge in [0.05, 0.1) is 29.1 Å². The molecule has 1 aliphatic rings. The zero-order valence-electron chi connectivity index (χ0n) is 10.1. The smallest absolute Gasteiger partial charge is 0.243 e. The summed E-state index contributed by atoms with van der Waals surface area (Å²) in [7, 11) is -7.30. The number of hydrogen-bond donors (Lipinski definition) is 2. The van der Waals surface area contributed by atoms with Crippen LogP contribution in [-0.4, -0.2) is 28.6 Å². The van der Waals surface area contributed by atoms with Crippen molar-refractivity contribution in [3.05, 3.63) is 35.2 Å². The van der Waals surface area contributed by atoms with E-state index in [1.54, 1.807) is 0 Å². The largest absolute Gasteiger partial charge is 0.398 e. The van der Waals surface area contributed by atoms with Crippen molar-refractivity contribution in [3.8, 4) is 6.07 Å². The number of rotatable bonds is 3. The predicted octanol–water partition coefficient (Wildman–Crippen LogP) is -0.271. The fourth-order valence-corrected chi connectivity index (χ4v) is 4.42. The Morgan fingerprint density at radius 3 is 2.60 bits per heavy atom. The Kier molecular flexibility index (Phi) is 3.56. The second-order valence-electron chi connectivity index (χ2n) is 4.25. The van der Waals surface area contributed by atoms with E-state index >= 15 is 0 Å². The molecular formula is C11H11N3O4S2. The highest BCUT2D eigenvalue weighted by molar-refractivity contribution is 7.94. The van der Waals surface area contributed by atoms with Gasteiger partial charge in [0.2, 0.25) is 10.0 Å². The number of sulfonamides is 1. The molecular weight excluding hydrogens is 302 g/mol. The molecule has 0 radical (unpaired) electrons. The Hall–Kier alpha value is -1.89. The maximum Gasteiger partial charge on any atom is 0.243 e. The quantitative estimate of drug-likeness (QED) is 0.739. The van der Waals surface area contributed by atoms with Crippen LogP contribution in [0, 0.1) is 11.3 Å². The lowest BCUT2D eigenvalue weighted by Crippen LogP contribution is -2.35. The van der Waals surface area contributed by atoms with Gasteiger partial charge in [-0.1, -0.05) is 6.08 Å². The van der Waals surface area contributed by atoms with Gasteiger partial charge in [0, 0.05) is 5.41 Å². The van der Waals surface area contributed by atoms with Crippen molar-refractivity contribution >= 4 is 25.5 Å². The van der Waals surface area contributed by atoms with Gasteiger partial charge in [-0.05, 0) is 18.2 Å². The fraction of sp³-hybridized carbons (Fsp3) is 0.182. The highest BCUT2D eigenvalue weighted by atomic mass is 32.2. The summed E-state index contributed by atoms with van der Waals surface area (Å²) in [6.07, 6.45) is 1.27. The molecule has 0 fully saturated rings. The summed E-state index contributed by atoms with van der Waals surface area (Å²) >= 11 is 0. The van der Waals surface area contributed by atoms with Crippen LogP contribution >= 0.6 is 0 Å². The van der Waals surface area contributed by atoms with Crippen LogP contribution in [0.4, 0.5) is 5.69 Å². The van der Waals surface area contributed by atoms with Crippen molar-refractivity contribution in [3.63, 3.8) is 0 Å². The first-order valence-corrected chi connectivity index (χ1v) is 8.66. The summed E-state index contributed by atoms with van der Waals surface area (Å²) in [6.45, 7) is 0. The number of nitriles is 1. The number of sulfone groups is 1. The number of nitrogen functional groups attached to an aromatic ring is 1. The first-order valence-electron chi connectivity index (χ1n) is 5.46. The Morgan fingerprint density at radius 1 is 1.40 bits per heavy atom. The monoisotopic (exact) mass is 313 g/mol. The molecule has 0 saturated heterocycles. The molecule has 1 atom stereocenters. The van der Waals surface area contributed by atoms with Crippen LogP contribution in [0.3, 0.4) is 0 Å². The number of benzene rings is 1. The van der Waals surface area contributed by atoms with Crippen LogP contribution in [0.15, 0.2) is 34.6 Å². The van der Waals surface area contributed by atoms with Gasteiger partial charge in [-0.25, -0.2) is 21.6 Å². The maximum absolute atomic E-state index is 12.1. The first-order chi connectivity index (χ1) is 9.23. The van der Waals surface area contributed by atoms with Gasteiger partial charge in [-0.2, -0.15) is 5.26 Å². The van der Waals surface area contributed by atoms with Gasteiger partial charge >= 0.3 is 0 Å². The molecule has 1 aromatic rings. The number of nitrogens with zero attached hydrogens (tertiary/aromatic N) is 1. The molecule has 0 aromatic heterocycles. The Bertz CT molecular complexity index is 820. The zero-order valence-corrected chi connectivity index (χ0v) is 11.8. The Labute approximate surface area is 116 Å². The van der Waals surface area contributed by atoms with E-state index in [-0.39, 0.29) is 21.9 Å². The van der Waals surface area contributed by atoms with Gasteiger partial charge in [0.1, 0.15) is 4.90 Å². The third-order valence-electron chi connectivity index (χ3n) is 2.67. The highest BCUT2D eigenvalue weighted by Gasteiger charge is 2.27. The van der Waals surface area contributed by atoms with Gasteiger partial charge in [-0.3, -0.25) is 0 Å². The second-order valence-corrected chi connectivity index (χ2v) is 7.86. The average Bonchev–Trinajstić information content (AvgIpc) is 2.67. The van der Waals surface area contributed by atoms with Crippen molar-refractivity contribution in [2.45, 2.75) is 10.9 Å². The van der Waals surface area contributed by atoms with E-state index in [4.69, 9.17) is 11.0 Å². The fourth-order valence-electron chi connectivity index (χ4n) is 1.77. The second kappa shape index (κ2) is 4.90. The van der Waals surface area contributed by atoms with E-state index in [2.05, 4.69) is 4.72 Å². The number of nitrogens with two attached hydrogens (primary N) is 1. The molecule has 1 aromatic carbocycles. The molecule has 7 nitrogen and oxygen atoms in total. The lowest BCUT2D eigenvalue weighted by atomic mass is 10.2. The zero-order chi connectivity index (χ0) is 15.0. The van der Waals surface area contributed by atoms with E-state index in [0.717, 1.165) is 5.41 Å². The van der Waals surface area contributed by atoms with Crippen LogP contribution in [0.2, 0.25) is 0 Å².